The molecule has 7 heteroatoms. The molecule has 0 saturated heterocycles. The predicted molar refractivity (Wildman–Crippen MR) is 90.0 cm³/mol. The number of hydrogen-bond acceptors (Lipinski definition) is 7. The molecular formula is C17H12N6S. The summed E-state index contributed by atoms with van der Waals surface area (Å²) in [7, 11) is 0. The highest BCUT2D eigenvalue weighted by atomic mass is 32.1. The number of rotatable bonds is 2. The monoisotopic (exact) mass is 332 g/mol. The van der Waals surface area contributed by atoms with Crippen LogP contribution in [-0.4, -0.2) is 9.97 Å². The quantitative estimate of drug-likeness (QED) is 0.663. The number of nitriles is 3. The number of nitrogens with one attached hydrogen (secondary N) is 1. The third kappa shape index (κ3) is 3.10. The summed E-state index contributed by atoms with van der Waals surface area (Å²) in [5, 5.41) is 32.1. The maximum atomic E-state index is 9.16. The largest absolute Gasteiger partial charge is 0.323 e. The Balaban J connectivity index is 1.97. The van der Waals surface area contributed by atoms with Gasteiger partial charge in [0.2, 0.25) is 5.95 Å². The Morgan fingerprint density at radius 1 is 1.17 bits per heavy atom. The van der Waals surface area contributed by atoms with Crippen molar-refractivity contribution in [3.63, 3.8) is 0 Å². The first-order chi connectivity index (χ1) is 11.7. The Morgan fingerprint density at radius 3 is 2.67 bits per heavy atom. The van der Waals surface area contributed by atoms with E-state index in [4.69, 9.17) is 15.8 Å². The highest BCUT2D eigenvalue weighted by Crippen LogP contribution is 2.31. The summed E-state index contributed by atoms with van der Waals surface area (Å²) < 4.78 is 0. The summed E-state index contributed by atoms with van der Waals surface area (Å²) in [4.78, 5) is 9.48. The fourth-order valence-corrected chi connectivity index (χ4v) is 3.29. The van der Waals surface area contributed by atoms with Gasteiger partial charge in [0.15, 0.2) is 0 Å². The van der Waals surface area contributed by atoms with Gasteiger partial charge in [-0.05, 0) is 37.3 Å². The highest BCUT2D eigenvalue weighted by molar-refractivity contribution is 7.11. The van der Waals surface area contributed by atoms with E-state index in [0.29, 0.717) is 17.2 Å². The average Bonchev–Trinajstić information content (AvgIpc) is 2.96. The van der Waals surface area contributed by atoms with Gasteiger partial charge in [0, 0.05) is 17.1 Å². The van der Waals surface area contributed by atoms with Crippen LogP contribution in [0.15, 0.2) is 23.2 Å². The molecule has 3 rings (SSSR count). The predicted octanol–water partition coefficient (Wildman–Crippen LogP) is 3.68. The van der Waals surface area contributed by atoms with Crippen molar-refractivity contribution in [2.24, 2.45) is 0 Å². The summed E-state index contributed by atoms with van der Waals surface area (Å²) in [5.41, 5.74) is 3.29. The van der Waals surface area contributed by atoms with Crippen molar-refractivity contribution in [1.82, 2.24) is 9.97 Å². The molecule has 0 fully saturated rings. The number of anilines is 2. The van der Waals surface area contributed by atoms with E-state index in [0.717, 1.165) is 41.8 Å². The first kappa shape index (κ1) is 15.7. The molecule has 1 aliphatic rings. The second kappa shape index (κ2) is 6.91. The molecule has 0 aliphatic heterocycles. The van der Waals surface area contributed by atoms with Crippen LogP contribution in [0.25, 0.3) is 5.57 Å². The lowest BCUT2D eigenvalue weighted by molar-refractivity contribution is 0.758. The SMILES string of the molecule is N#CC(C#N)=C1CCCCc2nc(Nc3csc(C#N)c3)ncc21. The number of aromatic nitrogens is 2. The van der Waals surface area contributed by atoms with Crippen molar-refractivity contribution in [2.45, 2.75) is 25.7 Å². The van der Waals surface area contributed by atoms with Crippen molar-refractivity contribution in [1.29, 1.82) is 15.8 Å². The van der Waals surface area contributed by atoms with E-state index in [1.807, 2.05) is 17.5 Å². The zero-order chi connectivity index (χ0) is 16.9. The molecule has 24 heavy (non-hydrogen) atoms. The van der Waals surface area contributed by atoms with Gasteiger partial charge in [0.25, 0.3) is 0 Å². The van der Waals surface area contributed by atoms with Crippen LogP contribution < -0.4 is 5.32 Å². The molecule has 0 bridgehead atoms. The minimum atomic E-state index is 0.138. The minimum Gasteiger partial charge on any atom is -0.323 e. The molecule has 0 radical (unpaired) electrons. The van der Waals surface area contributed by atoms with E-state index in [1.165, 1.54) is 11.3 Å². The lowest BCUT2D eigenvalue weighted by Crippen LogP contribution is -2.03. The van der Waals surface area contributed by atoms with Gasteiger partial charge in [-0.2, -0.15) is 15.8 Å². The van der Waals surface area contributed by atoms with Crippen LogP contribution in [0.2, 0.25) is 0 Å². The molecule has 2 heterocycles. The van der Waals surface area contributed by atoms with E-state index >= 15 is 0 Å². The smallest absolute Gasteiger partial charge is 0.227 e. The molecular weight excluding hydrogens is 320 g/mol. The van der Waals surface area contributed by atoms with Crippen molar-refractivity contribution in [3.05, 3.63) is 39.4 Å². The van der Waals surface area contributed by atoms with Gasteiger partial charge in [-0.15, -0.1) is 11.3 Å². The topological polar surface area (TPSA) is 109 Å². The molecule has 2 aromatic heterocycles. The molecule has 6 nitrogen and oxygen atoms in total. The number of allylic oxidation sites excluding steroid dienone is 2. The lowest BCUT2D eigenvalue weighted by Gasteiger charge is -2.10. The van der Waals surface area contributed by atoms with Gasteiger partial charge < -0.3 is 5.32 Å². The van der Waals surface area contributed by atoms with Crippen LogP contribution in [-0.2, 0) is 6.42 Å². The summed E-state index contributed by atoms with van der Waals surface area (Å²) in [6.07, 6.45) is 5.02. The zero-order valence-electron chi connectivity index (χ0n) is 12.7. The second-order valence-electron chi connectivity index (χ2n) is 5.27. The number of fused-ring (bicyclic) bond motifs is 1. The maximum Gasteiger partial charge on any atom is 0.227 e. The van der Waals surface area contributed by atoms with Crippen LogP contribution in [0.1, 0.15) is 35.4 Å². The highest BCUT2D eigenvalue weighted by Gasteiger charge is 2.19. The third-order valence-corrected chi connectivity index (χ3v) is 4.61. The first-order valence-electron chi connectivity index (χ1n) is 7.40. The fourth-order valence-electron chi connectivity index (χ4n) is 2.66. The fraction of sp³-hybridized carbons (Fsp3) is 0.235. The molecule has 1 N–H and O–H groups in total. The Labute approximate surface area is 143 Å². The molecule has 1 aliphatic carbocycles. The van der Waals surface area contributed by atoms with Crippen LogP contribution in [0.3, 0.4) is 0 Å². The second-order valence-corrected chi connectivity index (χ2v) is 6.19. The molecule has 116 valence electrons. The van der Waals surface area contributed by atoms with Gasteiger partial charge in [-0.1, -0.05) is 0 Å². The summed E-state index contributed by atoms with van der Waals surface area (Å²) in [6.45, 7) is 0. The number of nitrogens with zero attached hydrogens (tertiary/aromatic N) is 5. The summed E-state index contributed by atoms with van der Waals surface area (Å²) in [6, 6.07) is 7.78. The van der Waals surface area contributed by atoms with Crippen molar-refractivity contribution in [3.8, 4) is 18.2 Å². The summed E-state index contributed by atoms with van der Waals surface area (Å²) >= 11 is 1.35. The standard InChI is InChI=1S/C17H12N6S/c18-6-11(7-19)14-3-1-2-4-16-15(14)9-21-17(23-16)22-12-5-13(8-20)24-10-12/h5,9-10H,1-4H2,(H,21,22,23). The first-order valence-corrected chi connectivity index (χ1v) is 8.28. The van der Waals surface area contributed by atoms with E-state index in [1.54, 1.807) is 12.3 Å². The molecule has 0 aromatic carbocycles. The maximum absolute atomic E-state index is 9.16. The zero-order valence-corrected chi connectivity index (χ0v) is 13.5. The van der Waals surface area contributed by atoms with Gasteiger partial charge in [0.05, 0.1) is 11.4 Å². The minimum absolute atomic E-state index is 0.138. The number of aryl methyl sites for hydroxylation is 1. The molecule has 0 saturated carbocycles. The van der Waals surface area contributed by atoms with E-state index in [9.17, 15) is 0 Å². The average molecular weight is 332 g/mol. The van der Waals surface area contributed by atoms with Gasteiger partial charge in [0.1, 0.15) is 28.7 Å². The van der Waals surface area contributed by atoms with Crippen LogP contribution >= 0.6 is 11.3 Å². The third-order valence-electron chi connectivity index (χ3n) is 3.77. The molecule has 0 atom stereocenters. The number of thiophene rings is 1. The van der Waals surface area contributed by atoms with E-state index in [2.05, 4.69) is 21.4 Å². The van der Waals surface area contributed by atoms with Crippen molar-refractivity contribution in [2.75, 3.05) is 5.32 Å². The van der Waals surface area contributed by atoms with Crippen LogP contribution in [0, 0.1) is 34.0 Å². The molecule has 0 spiro atoms. The Kier molecular flexibility index (Phi) is 4.52. The van der Waals surface area contributed by atoms with Crippen molar-refractivity contribution >= 4 is 28.5 Å². The van der Waals surface area contributed by atoms with E-state index < -0.39 is 0 Å². The Hall–Kier alpha value is -3.21. The molecule has 2 aromatic rings. The van der Waals surface area contributed by atoms with Gasteiger partial charge in [-0.25, -0.2) is 9.97 Å². The van der Waals surface area contributed by atoms with Gasteiger partial charge >= 0.3 is 0 Å². The molecule has 0 amide bonds. The van der Waals surface area contributed by atoms with Crippen LogP contribution in [0.4, 0.5) is 11.6 Å². The van der Waals surface area contributed by atoms with Crippen molar-refractivity contribution < 1.29 is 0 Å². The lowest BCUT2D eigenvalue weighted by atomic mass is 9.99. The summed E-state index contributed by atoms with van der Waals surface area (Å²) in [5.74, 6) is 0.452. The van der Waals surface area contributed by atoms with E-state index in [-0.39, 0.29) is 5.57 Å². The van der Waals surface area contributed by atoms with Crippen LogP contribution in [0.5, 0.6) is 0 Å². The Morgan fingerprint density at radius 2 is 1.96 bits per heavy atom. The Bertz CT molecular complexity index is 919. The normalized spacial score (nSPS) is 13.0. The van der Waals surface area contributed by atoms with Gasteiger partial charge in [-0.3, -0.25) is 0 Å². The molecule has 0 unspecified atom stereocenters. The number of hydrogen-bond donors (Lipinski definition) is 1.